The molecule has 0 unspecified atom stereocenters. The van der Waals surface area contributed by atoms with Gasteiger partial charge in [-0.3, -0.25) is 9.69 Å². The second-order valence-corrected chi connectivity index (χ2v) is 9.97. The second-order valence-electron chi connectivity index (χ2n) is 9.97. The molecule has 4 N–H and O–H groups in total. The number of anilines is 4. The highest BCUT2D eigenvalue weighted by atomic mass is 19.1. The smallest absolute Gasteiger partial charge is 0.257 e. The molecule has 10 nitrogen and oxygen atoms in total. The van der Waals surface area contributed by atoms with Crippen LogP contribution in [0.5, 0.6) is 5.75 Å². The van der Waals surface area contributed by atoms with Crippen LogP contribution in [-0.2, 0) is 4.74 Å². The molecule has 3 aromatic carbocycles. The van der Waals surface area contributed by atoms with Gasteiger partial charge in [-0.05, 0) is 42.8 Å². The van der Waals surface area contributed by atoms with Gasteiger partial charge in [-0.15, -0.1) is 0 Å². The Labute approximate surface area is 241 Å². The standard InChI is InChI=1S/C31H30FN7O3/c1-19-8-9-21-20(27(19)38-31(40)23-5-2-4-22-28(23)35-18-36-29(22)33)10-11-34-30(21)37-24-6-3-7-25(26(24)32)42-17-14-39-12-15-41-16-13-39/h2-11,18H,12-17H2,1H3,(H,34,37)(H,38,40)(H2,33,35,36). The molecule has 5 aromatic rings. The van der Waals surface area contributed by atoms with E-state index in [9.17, 15) is 4.79 Å². The lowest BCUT2D eigenvalue weighted by Crippen LogP contribution is -2.38. The molecular formula is C31H30FN7O3. The number of nitrogens with zero attached hydrogens (tertiary/aromatic N) is 4. The molecule has 0 atom stereocenters. The number of ether oxygens (including phenoxy) is 2. The van der Waals surface area contributed by atoms with Crippen molar-refractivity contribution in [3.05, 3.63) is 84.1 Å². The molecule has 3 heterocycles. The summed E-state index contributed by atoms with van der Waals surface area (Å²) in [6.45, 7) is 6.04. The van der Waals surface area contributed by atoms with Gasteiger partial charge in [0.15, 0.2) is 11.6 Å². The predicted octanol–water partition coefficient (Wildman–Crippen LogP) is 4.91. The number of carbonyl (C=O) groups is 1. The molecule has 0 saturated carbocycles. The number of nitrogen functional groups attached to an aromatic ring is 1. The Morgan fingerprint density at radius 3 is 2.71 bits per heavy atom. The number of para-hydroxylation sites is 1. The maximum Gasteiger partial charge on any atom is 0.257 e. The molecule has 214 valence electrons. The Hall–Kier alpha value is -4.87. The molecule has 42 heavy (non-hydrogen) atoms. The number of nitrogens with one attached hydrogen (secondary N) is 2. The highest BCUT2D eigenvalue weighted by Crippen LogP contribution is 2.34. The Bertz CT molecular complexity index is 1780. The van der Waals surface area contributed by atoms with E-state index in [0.29, 0.717) is 65.5 Å². The summed E-state index contributed by atoms with van der Waals surface area (Å²) in [5.74, 6) is 0.0659. The number of hydrogen-bond acceptors (Lipinski definition) is 9. The third-order valence-electron chi connectivity index (χ3n) is 7.32. The number of rotatable bonds is 8. The average Bonchev–Trinajstić information content (AvgIpc) is 3.01. The van der Waals surface area contributed by atoms with Crippen LogP contribution in [0.25, 0.3) is 21.7 Å². The molecule has 0 spiro atoms. The number of aromatic nitrogens is 3. The summed E-state index contributed by atoms with van der Waals surface area (Å²) in [5, 5.41) is 8.22. The zero-order valence-corrected chi connectivity index (χ0v) is 23.1. The minimum absolute atomic E-state index is 0.164. The van der Waals surface area contributed by atoms with Gasteiger partial charge in [0.2, 0.25) is 0 Å². The van der Waals surface area contributed by atoms with Crippen LogP contribution in [0, 0.1) is 12.7 Å². The number of nitrogens with two attached hydrogens (primary N) is 1. The molecular weight excluding hydrogens is 537 g/mol. The molecule has 1 saturated heterocycles. The lowest BCUT2D eigenvalue weighted by Gasteiger charge is -2.26. The van der Waals surface area contributed by atoms with E-state index in [1.165, 1.54) is 6.33 Å². The number of benzene rings is 3. The quantitative estimate of drug-likeness (QED) is 0.240. The van der Waals surface area contributed by atoms with Crippen LogP contribution in [0.1, 0.15) is 15.9 Å². The van der Waals surface area contributed by atoms with E-state index in [4.69, 9.17) is 15.2 Å². The van der Waals surface area contributed by atoms with Gasteiger partial charge in [0.25, 0.3) is 5.91 Å². The van der Waals surface area contributed by atoms with Gasteiger partial charge in [0.05, 0.1) is 35.7 Å². The number of pyridine rings is 1. The first-order chi connectivity index (χ1) is 20.5. The first kappa shape index (κ1) is 27.3. The van der Waals surface area contributed by atoms with Crippen LogP contribution in [0.3, 0.4) is 0 Å². The van der Waals surface area contributed by atoms with E-state index in [1.807, 2.05) is 25.1 Å². The summed E-state index contributed by atoms with van der Waals surface area (Å²) >= 11 is 0. The van der Waals surface area contributed by atoms with Crippen LogP contribution < -0.4 is 21.1 Å². The van der Waals surface area contributed by atoms with E-state index >= 15 is 4.39 Å². The van der Waals surface area contributed by atoms with Crippen molar-refractivity contribution in [3.63, 3.8) is 0 Å². The second kappa shape index (κ2) is 11.9. The topological polar surface area (TPSA) is 128 Å². The van der Waals surface area contributed by atoms with Gasteiger partial charge in [-0.1, -0.05) is 24.3 Å². The van der Waals surface area contributed by atoms with E-state index in [-0.39, 0.29) is 17.3 Å². The van der Waals surface area contributed by atoms with Crippen molar-refractivity contribution in [1.29, 1.82) is 0 Å². The van der Waals surface area contributed by atoms with E-state index in [1.54, 1.807) is 42.6 Å². The van der Waals surface area contributed by atoms with Crippen LogP contribution in [0.4, 0.5) is 27.4 Å². The fraction of sp³-hybridized carbons (Fsp3) is 0.226. The van der Waals surface area contributed by atoms with E-state index in [2.05, 4.69) is 30.5 Å². The maximum atomic E-state index is 15.5. The molecule has 1 fully saturated rings. The molecule has 0 radical (unpaired) electrons. The fourth-order valence-electron chi connectivity index (χ4n) is 5.06. The number of carbonyl (C=O) groups excluding carboxylic acids is 1. The number of fused-ring (bicyclic) bond motifs is 2. The van der Waals surface area contributed by atoms with Gasteiger partial charge < -0.3 is 25.8 Å². The Morgan fingerprint density at radius 2 is 1.86 bits per heavy atom. The fourth-order valence-corrected chi connectivity index (χ4v) is 5.06. The van der Waals surface area contributed by atoms with Crippen molar-refractivity contribution in [2.24, 2.45) is 0 Å². The zero-order chi connectivity index (χ0) is 29.1. The zero-order valence-electron chi connectivity index (χ0n) is 23.1. The summed E-state index contributed by atoms with van der Waals surface area (Å²) in [6.07, 6.45) is 2.96. The van der Waals surface area contributed by atoms with Crippen molar-refractivity contribution in [2.75, 3.05) is 55.8 Å². The number of morpholine rings is 1. The van der Waals surface area contributed by atoms with Gasteiger partial charge in [-0.2, -0.15) is 0 Å². The Morgan fingerprint density at radius 1 is 1.02 bits per heavy atom. The highest BCUT2D eigenvalue weighted by Gasteiger charge is 2.18. The SMILES string of the molecule is Cc1ccc2c(Nc3cccc(OCCN4CCOCC4)c3F)nccc2c1NC(=O)c1cccc2c(N)ncnc12. The molecule has 1 aliphatic rings. The van der Waals surface area contributed by atoms with Crippen molar-refractivity contribution >= 4 is 50.6 Å². The van der Waals surface area contributed by atoms with Crippen LogP contribution >= 0.6 is 0 Å². The minimum atomic E-state index is -0.504. The summed E-state index contributed by atoms with van der Waals surface area (Å²) < 4.78 is 26.6. The number of aryl methyl sites for hydroxylation is 1. The van der Waals surface area contributed by atoms with Crippen molar-refractivity contribution in [3.8, 4) is 5.75 Å². The summed E-state index contributed by atoms with van der Waals surface area (Å²) in [6, 6.07) is 15.8. The number of amides is 1. The normalized spacial score (nSPS) is 13.8. The first-order valence-corrected chi connectivity index (χ1v) is 13.7. The largest absolute Gasteiger partial charge is 0.489 e. The van der Waals surface area contributed by atoms with Crippen molar-refractivity contribution in [2.45, 2.75) is 6.92 Å². The van der Waals surface area contributed by atoms with Gasteiger partial charge in [-0.25, -0.2) is 19.3 Å². The number of hydrogen-bond donors (Lipinski definition) is 3. The van der Waals surface area contributed by atoms with Crippen LogP contribution in [0.15, 0.2) is 67.1 Å². The van der Waals surface area contributed by atoms with Gasteiger partial charge in [0, 0.05) is 42.0 Å². The molecule has 0 bridgehead atoms. The monoisotopic (exact) mass is 567 g/mol. The Kier molecular flexibility index (Phi) is 7.76. The minimum Gasteiger partial charge on any atom is -0.489 e. The summed E-state index contributed by atoms with van der Waals surface area (Å²) in [5.41, 5.74) is 8.53. The van der Waals surface area contributed by atoms with Gasteiger partial charge >= 0.3 is 0 Å². The van der Waals surface area contributed by atoms with Crippen molar-refractivity contribution in [1.82, 2.24) is 19.9 Å². The molecule has 6 rings (SSSR count). The van der Waals surface area contributed by atoms with Crippen LogP contribution in [-0.4, -0.2) is 65.2 Å². The molecule has 0 aliphatic carbocycles. The van der Waals surface area contributed by atoms with E-state index < -0.39 is 5.82 Å². The molecule has 1 amide bonds. The lowest BCUT2D eigenvalue weighted by molar-refractivity contribution is 0.0320. The summed E-state index contributed by atoms with van der Waals surface area (Å²) in [4.78, 5) is 28.5. The first-order valence-electron chi connectivity index (χ1n) is 13.7. The molecule has 11 heteroatoms. The lowest BCUT2D eigenvalue weighted by atomic mass is 10.0. The summed E-state index contributed by atoms with van der Waals surface area (Å²) in [7, 11) is 0. The molecule has 1 aliphatic heterocycles. The third-order valence-corrected chi connectivity index (χ3v) is 7.32. The average molecular weight is 568 g/mol. The Balaban J connectivity index is 1.25. The highest BCUT2D eigenvalue weighted by molar-refractivity contribution is 6.16. The van der Waals surface area contributed by atoms with Gasteiger partial charge in [0.1, 0.15) is 24.6 Å². The van der Waals surface area contributed by atoms with Crippen LogP contribution in [0.2, 0.25) is 0 Å². The molecule has 2 aromatic heterocycles. The third kappa shape index (κ3) is 5.52. The van der Waals surface area contributed by atoms with Crippen molar-refractivity contribution < 1.29 is 18.7 Å². The number of halogens is 1. The predicted molar refractivity (Wildman–Crippen MR) is 161 cm³/mol. The van der Waals surface area contributed by atoms with E-state index in [0.717, 1.165) is 24.0 Å². The maximum absolute atomic E-state index is 15.5.